The summed E-state index contributed by atoms with van der Waals surface area (Å²) in [6, 6.07) is 4.99. The lowest BCUT2D eigenvalue weighted by molar-refractivity contribution is 0.00616. The average Bonchev–Trinajstić information content (AvgIpc) is 2.22. The minimum absolute atomic E-state index is 0.0375. The van der Waals surface area contributed by atoms with Crippen molar-refractivity contribution in [1.82, 2.24) is 0 Å². The van der Waals surface area contributed by atoms with Crippen molar-refractivity contribution in [2.45, 2.75) is 31.9 Å². The third-order valence-corrected chi connectivity index (χ3v) is 2.91. The molecule has 0 spiro atoms. The van der Waals surface area contributed by atoms with E-state index in [9.17, 15) is 4.39 Å². The summed E-state index contributed by atoms with van der Waals surface area (Å²) in [5.41, 5.74) is 7.88. The van der Waals surface area contributed by atoms with Gasteiger partial charge in [-0.1, -0.05) is 6.07 Å². The van der Waals surface area contributed by atoms with Gasteiger partial charge in [-0.25, -0.2) is 4.39 Å². The van der Waals surface area contributed by atoms with E-state index in [4.69, 9.17) is 10.5 Å². The van der Waals surface area contributed by atoms with Gasteiger partial charge in [-0.3, -0.25) is 0 Å². The van der Waals surface area contributed by atoms with Crippen LogP contribution in [0.3, 0.4) is 0 Å². The number of hydrogen-bond acceptors (Lipinski definition) is 2. The average molecular weight is 209 g/mol. The van der Waals surface area contributed by atoms with E-state index in [2.05, 4.69) is 0 Å². The second kappa shape index (κ2) is 4.29. The molecule has 15 heavy (non-hydrogen) atoms. The van der Waals surface area contributed by atoms with Gasteiger partial charge in [0.1, 0.15) is 5.82 Å². The highest BCUT2D eigenvalue weighted by molar-refractivity contribution is 5.29. The summed E-state index contributed by atoms with van der Waals surface area (Å²) in [5, 5.41) is 0. The van der Waals surface area contributed by atoms with Crippen LogP contribution in [0.15, 0.2) is 18.2 Å². The molecule has 1 heterocycles. The summed E-state index contributed by atoms with van der Waals surface area (Å²) in [6.07, 6.45) is 1.64. The summed E-state index contributed by atoms with van der Waals surface area (Å²) < 4.78 is 18.7. The SMILES string of the molecule is Cc1ccc(F)cc1C1CC(N)CCO1. The Kier molecular flexibility index (Phi) is 3.03. The van der Waals surface area contributed by atoms with E-state index in [0.29, 0.717) is 6.61 Å². The van der Waals surface area contributed by atoms with Gasteiger partial charge in [-0.05, 0) is 43.0 Å². The Balaban J connectivity index is 2.24. The van der Waals surface area contributed by atoms with Crippen molar-refractivity contribution in [1.29, 1.82) is 0 Å². The van der Waals surface area contributed by atoms with Gasteiger partial charge in [0.2, 0.25) is 0 Å². The normalized spacial score (nSPS) is 26.6. The van der Waals surface area contributed by atoms with Crippen LogP contribution in [0.25, 0.3) is 0 Å². The van der Waals surface area contributed by atoms with E-state index in [1.807, 2.05) is 6.92 Å². The summed E-state index contributed by atoms with van der Waals surface area (Å²) in [5.74, 6) is -0.210. The quantitative estimate of drug-likeness (QED) is 0.770. The van der Waals surface area contributed by atoms with E-state index in [0.717, 1.165) is 24.0 Å². The number of nitrogens with two attached hydrogens (primary N) is 1. The molecule has 0 saturated carbocycles. The first-order valence-corrected chi connectivity index (χ1v) is 5.30. The summed E-state index contributed by atoms with van der Waals surface area (Å²) in [7, 11) is 0. The molecule has 82 valence electrons. The number of rotatable bonds is 1. The standard InChI is InChI=1S/C12H16FNO/c1-8-2-3-9(13)6-11(8)12-7-10(14)4-5-15-12/h2-3,6,10,12H,4-5,7,14H2,1H3. The first-order valence-electron chi connectivity index (χ1n) is 5.30. The monoisotopic (exact) mass is 209 g/mol. The van der Waals surface area contributed by atoms with Crippen LogP contribution in [0.4, 0.5) is 4.39 Å². The smallest absolute Gasteiger partial charge is 0.123 e. The van der Waals surface area contributed by atoms with Gasteiger partial charge in [0.25, 0.3) is 0 Å². The Bertz CT molecular complexity index is 353. The van der Waals surface area contributed by atoms with E-state index < -0.39 is 0 Å². The Morgan fingerprint density at radius 3 is 3.00 bits per heavy atom. The van der Waals surface area contributed by atoms with Crippen molar-refractivity contribution in [2.24, 2.45) is 5.73 Å². The maximum Gasteiger partial charge on any atom is 0.123 e. The molecule has 0 bridgehead atoms. The predicted octanol–water partition coefficient (Wildman–Crippen LogP) is 2.31. The van der Waals surface area contributed by atoms with Crippen LogP contribution in [0.5, 0.6) is 0 Å². The zero-order valence-electron chi connectivity index (χ0n) is 8.87. The second-order valence-electron chi connectivity index (χ2n) is 4.14. The fourth-order valence-corrected chi connectivity index (χ4v) is 2.00. The van der Waals surface area contributed by atoms with Crippen LogP contribution in [0.2, 0.25) is 0 Å². The molecule has 0 amide bonds. The van der Waals surface area contributed by atoms with Crippen molar-refractivity contribution >= 4 is 0 Å². The number of hydrogen-bond donors (Lipinski definition) is 1. The molecular weight excluding hydrogens is 193 g/mol. The maximum absolute atomic E-state index is 13.1. The zero-order chi connectivity index (χ0) is 10.8. The molecule has 2 N–H and O–H groups in total. The highest BCUT2D eigenvalue weighted by Crippen LogP contribution is 2.29. The van der Waals surface area contributed by atoms with Crippen molar-refractivity contribution in [3.8, 4) is 0 Å². The summed E-state index contributed by atoms with van der Waals surface area (Å²) in [6.45, 7) is 2.64. The zero-order valence-corrected chi connectivity index (χ0v) is 8.87. The molecule has 2 rings (SSSR count). The minimum Gasteiger partial charge on any atom is -0.373 e. The van der Waals surface area contributed by atoms with Gasteiger partial charge in [0.15, 0.2) is 0 Å². The Morgan fingerprint density at radius 1 is 1.47 bits per heavy atom. The van der Waals surface area contributed by atoms with Gasteiger partial charge in [0, 0.05) is 12.6 Å². The van der Waals surface area contributed by atoms with E-state index >= 15 is 0 Å². The molecule has 0 aliphatic carbocycles. The summed E-state index contributed by atoms with van der Waals surface area (Å²) in [4.78, 5) is 0. The fraction of sp³-hybridized carbons (Fsp3) is 0.500. The van der Waals surface area contributed by atoms with Crippen molar-refractivity contribution < 1.29 is 9.13 Å². The number of ether oxygens (including phenoxy) is 1. The van der Waals surface area contributed by atoms with Crippen molar-refractivity contribution in [2.75, 3.05) is 6.61 Å². The molecule has 0 aromatic heterocycles. The highest BCUT2D eigenvalue weighted by Gasteiger charge is 2.22. The molecule has 1 aromatic rings. The number of halogens is 1. The molecule has 1 saturated heterocycles. The fourth-order valence-electron chi connectivity index (χ4n) is 2.00. The van der Waals surface area contributed by atoms with Crippen LogP contribution < -0.4 is 5.73 Å². The van der Waals surface area contributed by atoms with Crippen LogP contribution in [-0.2, 0) is 4.74 Å². The second-order valence-corrected chi connectivity index (χ2v) is 4.14. The molecule has 1 aromatic carbocycles. The van der Waals surface area contributed by atoms with Gasteiger partial charge in [0.05, 0.1) is 6.10 Å². The third kappa shape index (κ3) is 2.36. The molecule has 1 fully saturated rings. The molecule has 2 unspecified atom stereocenters. The molecule has 2 nitrogen and oxygen atoms in total. The van der Waals surface area contributed by atoms with Crippen LogP contribution in [0.1, 0.15) is 30.1 Å². The number of aryl methyl sites for hydroxylation is 1. The highest BCUT2D eigenvalue weighted by atomic mass is 19.1. The molecule has 3 heteroatoms. The lowest BCUT2D eigenvalue weighted by Crippen LogP contribution is -2.30. The van der Waals surface area contributed by atoms with Crippen molar-refractivity contribution in [3.63, 3.8) is 0 Å². The van der Waals surface area contributed by atoms with Gasteiger partial charge in [-0.15, -0.1) is 0 Å². The Labute approximate surface area is 89.2 Å². The first kappa shape index (κ1) is 10.6. The third-order valence-electron chi connectivity index (χ3n) is 2.91. The molecule has 1 aliphatic heterocycles. The lowest BCUT2D eigenvalue weighted by atomic mass is 9.95. The van der Waals surface area contributed by atoms with E-state index in [1.54, 1.807) is 12.1 Å². The molecule has 1 aliphatic rings. The van der Waals surface area contributed by atoms with Gasteiger partial charge < -0.3 is 10.5 Å². The maximum atomic E-state index is 13.1. The number of benzene rings is 1. The van der Waals surface area contributed by atoms with Crippen LogP contribution in [-0.4, -0.2) is 12.6 Å². The Morgan fingerprint density at radius 2 is 2.27 bits per heavy atom. The van der Waals surface area contributed by atoms with Crippen LogP contribution in [0, 0.1) is 12.7 Å². The lowest BCUT2D eigenvalue weighted by Gasteiger charge is -2.28. The molecule has 2 atom stereocenters. The predicted molar refractivity (Wildman–Crippen MR) is 57.0 cm³/mol. The van der Waals surface area contributed by atoms with E-state index in [-0.39, 0.29) is 18.0 Å². The topological polar surface area (TPSA) is 35.2 Å². The van der Waals surface area contributed by atoms with Gasteiger partial charge in [-0.2, -0.15) is 0 Å². The van der Waals surface area contributed by atoms with Crippen molar-refractivity contribution in [3.05, 3.63) is 35.1 Å². The largest absolute Gasteiger partial charge is 0.373 e. The van der Waals surface area contributed by atoms with Crippen LogP contribution >= 0.6 is 0 Å². The summed E-state index contributed by atoms with van der Waals surface area (Å²) >= 11 is 0. The Hall–Kier alpha value is -0.930. The molecule has 0 radical (unpaired) electrons. The van der Waals surface area contributed by atoms with E-state index in [1.165, 1.54) is 6.07 Å². The first-order chi connectivity index (χ1) is 7.16. The van der Waals surface area contributed by atoms with Gasteiger partial charge >= 0.3 is 0 Å². The molecular formula is C12H16FNO. The minimum atomic E-state index is -0.210.